The molecular formula is C18H23ClN2O5S. The Hall–Kier alpha value is -1.64. The normalized spacial score (nSPS) is 22.8. The van der Waals surface area contributed by atoms with E-state index in [9.17, 15) is 18.0 Å². The zero-order valence-corrected chi connectivity index (χ0v) is 16.5. The number of likely N-dealkylation sites (tertiary alicyclic amines) is 1. The number of primary sulfonamides is 1. The maximum Gasteiger partial charge on any atom is 0.340 e. The van der Waals surface area contributed by atoms with Gasteiger partial charge in [0.2, 0.25) is 10.0 Å². The third kappa shape index (κ3) is 4.62. The number of hydrogen-bond donors (Lipinski definition) is 1. The Morgan fingerprint density at radius 3 is 2.63 bits per heavy atom. The van der Waals surface area contributed by atoms with Crippen LogP contribution in [-0.4, -0.2) is 44.4 Å². The molecule has 1 aliphatic heterocycles. The number of nitrogens with two attached hydrogens (primary N) is 1. The molecule has 1 saturated heterocycles. The number of hydrogen-bond acceptors (Lipinski definition) is 5. The molecule has 1 heterocycles. The van der Waals surface area contributed by atoms with E-state index in [1.807, 2.05) is 4.90 Å². The average molecular weight is 415 g/mol. The lowest BCUT2D eigenvalue weighted by Crippen LogP contribution is -2.50. The van der Waals surface area contributed by atoms with Gasteiger partial charge in [-0.1, -0.05) is 24.4 Å². The van der Waals surface area contributed by atoms with Crippen LogP contribution in [-0.2, 0) is 19.6 Å². The molecule has 1 aliphatic carbocycles. The molecule has 1 aromatic carbocycles. The first-order valence-corrected chi connectivity index (χ1v) is 11.0. The first-order chi connectivity index (χ1) is 12.8. The van der Waals surface area contributed by atoms with Crippen molar-refractivity contribution in [3.8, 4) is 0 Å². The minimum atomic E-state index is -3.98. The summed E-state index contributed by atoms with van der Waals surface area (Å²) in [4.78, 5) is 26.5. The van der Waals surface area contributed by atoms with Crippen molar-refractivity contribution in [2.24, 2.45) is 11.1 Å². The number of benzene rings is 1. The summed E-state index contributed by atoms with van der Waals surface area (Å²) >= 11 is 5.96. The Morgan fingerprint density at radius 1 is 1.19 bits per heavy atom. The highest BCUT2D eigenvalue weighted by Crippen LogP contribution is 2.35. The van der Waals surface area contributed by atoms with Crippen LogP contribution in [0.15, 0.2) is 23.1 Å². The molecule has 0 radical (unpaired) electrons. The Kier molecular flexibility index (Phi) is 6.08. The first-order valence-electron chi connectivity index (χ1n) is 9.06. The molecule has 0 unspecified atom stereocenters. The van der Waals surface area contributed by atoms with Gasteiger partial charge in [-0.25, -0.2) is 18.4 Å². The van der Waals surface area contributed by atoms with Crippen LogP contribution < -0.4 is 5.14 Å². The van der Waals surface area contributed by atoms with E-state index in [1.165, 1.54) is 18.6 Å². The van der Waals surface area contributed by atoms with Crippen LogP contribution in [0.25, 0.3) is 0 Å². The number of piperidine rings is 1. The largest absolute Gasteiger partial charge is 0.452 e. The zero-order valence-electron chi connectivity index (χ0n) is 14.9. The molecule has 1 saturated carbocycles. The lowest BCUT2D eigenvalue weighted by atomic mass is 9.78. The minimum absolute atomic E-state index is 0.0326. The van der Waals surface area contributed by atoms with Crippen molar-refractivity contribution in [3.63, 3.8) is 0 Å². The summed E-state index contributed by atoms with van der Waals surface area (Å²) in [5, 5.41) is 5.11. The Labute approximate surface area is 163 Å². The Bertz CT molecular complexity index is 840. The summed E-state index contributed by atoms with van der Waals surface area (Å²) in [5.74, 6) is -0.539. The smallest absolute Gasteiger partial charge is 0.340 e. The van der Waals surface area contributed by atoms with E-state index in [0.29, 0.717) is 12.5 Å². The van der Waals surface area contributed by atoms with Crippen LogP contribution in [0.1, 0.15) is 48.9 Å². The van der Waals surface area contributed by atoms with E-state index in [4.69, 9.17) is 21.5 Å². The fraction of sp³-hybridized carbons (Fsp3) is 0.556. The molecule has 1 amide bonds. The van der Waals surface area contributed by atoms with E-state index in [-0.39, 0.29) is 27.4 Å². The van der Waals surface area contributed by atoms with Crippen LogP contribution in [0.5, 0.6) is 0 Å². The number of nitrogens with zero attached hydrogens (tertiary/aromatic N) is 1. The molecule has 27 heavy (non-hydrogen) atoms. The molecule has 3 rings (SSSR count). The number of ether oxygens (including phenoxy) is 1. The highest BCUT2D eigenvalue weighted by atomic mass is 35.5. The molecule has 7 nitrogen and oxygen atoms in total. The second-order valence-electron chi connectivity index (χ2n) is 7.10. The zero-order chi connectivity index (χ0) is 19.6. The quantitative estimate of drug-likeness (QED) is 0.761. The standard InChI is InChI=1S/C18H23ClN2O5S/c19-15-8-7-13(27(20,24)25)10-14(15)18(23)26-11-17(22)21-9-3-5-12-4-1-2-6-16(12)21/h7-8,10,12,16H,1-6,9,11H2,(H2,20,24,25)/t12-,16+/m0/s1. The maximum atomic E-state index is 12.6. The summed E-state index contributed by atoms with van der Waals surface area (Å²) in [6, 6.07) is 3.75. The van der Waals surface area contributed by atoms with Crippen molar-refractivity contribution in [2.75, 3.05) is 13.2 Å². The highest BCUT2D eigenvalue weighted by Gasteiger charge is 2.35. The fourth-order valence-corrected chi connectivity index (χ4v) is 4.79. The molecule has 2 N–H and O–H groups in total. The molecule has 2 fully saturated rings. The monoisotopic (exact) mass is 414 g/mol. The number of amides is 1. The van der Waals surface area contributed by atoms with E-state index in [1.54, 1.807) is 0 Å². The van der Waals surface area contributed by atoms with Crippen molar-refractivity contribution < 1.29 is 22.7 Å². The lowest BCUT2D eigenvalue weighted by Gasteiger charge is -2.44. The molecule has 0 spiro atoms. The second kappa shape index (κ2) is 8.16. The SMILES string of the molecule is NS(=O)(=O)c1ccc(Cl)c(C(=O)OCC(=O)N2CCC[C@@H]3CCCC[C@H]32)c1. The van der Waals surface area contributed by atoms with Crippen molar-refractivity contribution in [1.29, 1.82) is 0 Å². The van der Waals surface area contributed by atoms with Gasteiger partial charge in [0.25, 0.3) is 5.91 Å². The number of esters is 1. The first kappa shape index (κ1) is 20.1. The number of carbonyl (C=O) groups is 2. The summed E-state index contributed by atoms with van der Waals surface area (Å²) in [7, 11) is -3.98. The maximum absolute atomic E-state index is 12.6. The van der Waals surface area contributed by atoms with Crippen molar-refractivity contribution >= 4 is 33.5 Å². The topological polar surface area (TPSA) is 107 Å². The summed E-state index contributed by atoms with van der Waals surface area (Å²) in [5.41, 5.74) is -0.134. The minimum Gasteiger partial charge on any atom is -0.452 e. The van der Waals surface area contributed by atoms with E-state index in [2.05, 4.69) is 0 Å². The third-order valence-electron chi connectivity index (χ3n) is 5.38. The second-order valence-corrected chi connectivity index (χ2v) is 9.07. The van der Waals surface area contributed by atoms with E-state index >= 15 is 0 Å². The van der Waals surface area contributed by atoms with Gasteiger partial charge in [-0.3, -0.25) is 4.79 Å². The van der Waals surface area contributed by atoms with Crippen molar-refractivity contribution in [3.05, 3.63) is 28.8 Å². The molecule has 0 aromatic heterocycles. The summed E-state index contributed by atoms with van der Waals surface area (Å²) in [6.45, 7) is 0.289. The van der Waals surface area contributed by atoms with Crippen LogP contribution >= 0.6 is 11.6 Å². The van der Waals surface area contributed by atoms with Gasteiger partial charge in [-0.2, -0.15) is 0 Å². The molecule has 2 aliphatic rings. The number of rotatable bonds is 4. The number of carbonyl (C=O) groups excluding carboxylic acids is 2. The predicted octanol–water partition coefficient (Wildman–Crippen LogP) is 2.33. The molecule has 148 valence electrons. The van der Waals surface area contributed by atoms with Crippen molar-refractivity contribution in [1.82, 2.24) is 4.90 Å². The Morgan fingerprint density at radius 2 is 1.89 bits per heavy atom. The van der Waals surface area contributed by atoms with Crippen molar-refractivity contribution in [2.45, 2.75) is 49.5 Å². The van der Waals surface area contributed by atoms with Gasteiger partial charge in [0, 0.05) is 12.6 Å². The van der Waals surface area contributed by atoms with Gasteiger partial charge in [-0.15, -0.1) is 0 Å². The van der Waals surface area contributed by atoms with Crippen LogP contribution in [0.4, 0.5) is 0 Å². The van der Waals surface area contributed by atoms with Gasteiger partial charge in [-0.05, 0) is 49.8 Å². The van der Waals surface area contributed by atoms with Gasteiger partial charge >= 0.3 is 5.97 Å². The van der Waals surface area contributed by atoms with Gasteiger partial charge in [0.1, 0.15) is 0 Å². The van der Waals surface area contributed by atoms with E-state index < -0.39 is 22.6 Å². The predicted molar refractivity (Wildman–Crippen MR) is 99.8 cm³/mol. The molecule has 1 aromatic rings. The van der Waals surface area contributed by atoms with Crippen LogP contribution in [0.3, 0.4) is 0 Å². The summed E-state index contributed by atoms with van der Waals surface area (Å²) in [6.07, 6.45) is 6.56. The molecule has 0 bridgehead atoms. The average Bonchev–Trinajstić information content (AvgIpc) is 2.64. The highest BCUT2D eigenvalue weighted by molar-refractivity contribution is 7.89. The fourth-order valence-electron chi connectivity index (χ4n) is 4.06. The van der Waals surface area contributed by atoms with Gasteiger partial charge < -0.3 is 9.64 Å². The number of fused-ring (bicyclic) bond motifs is 1. The summed E-state index contributed by atoms with van der Waals surface area (Å²) < 4.78 is 28.0. The number of sulfonamides is 1. The molecular weight excluding hydrogens is 392 g/mol. The third-order valence-corrected chi connectivity index (χ3v) is 6.62. The van der Waals surface area contributed by atoms with Crippen LogP contribution in [0.2, 0.25) is 5.02 Å². The number of halogens is 1. The van der Waals surface area contributed by atoms with Gasteiger partial charge in [0.15, 0.2) is 6.61 Å². The van der Waals surface area contributed by atoms with E-state index in [0.717, 1.165) is 38.2 Å². The van der Waals surface area contributed by atoms with Gasteiger partial charge in [0.05, 0.1) is 15.5 Å². The molecule has 9 heteroatoms. The molecule has 2 atom stereocenters. The van der Waals surface area contributed by atoms with Crippen LogP contribution in [0, 0.1) is 5.92 Å². The lowest BCUT2D eigenvalue weighted by molar-refractivity contribution is -0.140. The Balaban J connectivity index is 1.66.